The molecule has 0 fully saturated rings. The Morgan fingerprint density at radius 1 is 0.632 bits per heavy atom. The van der Waals surface area contributed by atoms with Crippen LogP contribution in [-0.2, 0) is 12.8 Å². The van der Waals surface area contributed by atoms with Crippen molar-refractivity contribution in [3.8, 4) is 0 Å². The molecule has 3 rings (SSSR count). The van der Waals surface area contributed by atoms with Crippen LogP contribution in [0.2, 0.25) is 0 Å². The minimum Gasteiger partial charge on any atom is -0.289 e. The molecule has 0 aliphatic heterocycles. The van der Waals surface area contributed by atoms with Crippen molar-refractivity contribution in [2.45, 2.75) is 106 Å². The van der Waals surface area contributed by atoms with Crippen LogP contribution in [-0.4, -0.2) is 11.6 Å². The summed E-state index contributed by atoms with van der Waals surface area (Å²) in [5, 5.41) is 0. The SMILES string of the molecule is C/C(=C\CCc1ccc2c(c1)C(=O)c1cc(CC/C=C(\C)CCCC(C)C)ccc1C2=O)CCCC(C)C. The highest BCUT2D eigenvalue weighted by Gasteiger charge is 2.29. The molecule has 0 aromatic heterocycles. The summed E-state index contributed by atoms with van der Waals surface area (Å²) in [6.07, 6.45) is 15.7. The Kier molecular flexibility index (Phi) is 11.3. The van der Waals surface area contributed by atoms with Crippen LogP contribution in [0, 0.1) is 11.8 Å². The number of carbonyl (C=O) groups is 2. The molecule has 0 N–H and O–H groups in total. The van der Waals surface area contributed by atoms with Crippen molar-refractivity contribution in [3.05, 3.63) is 93.1 Å². The Bertz CT molecular complexity index is 1090. The van der Waals surface area contributed by atoms with Crippen molar-refractivity contribution in [1.29, 1.82) is 0 Å². The first kappa shape index (κ1) is 29.8. The molecule has 0 amide bonds. The van der Waals surface area contributed by atoms with Gasteiger partial charge in [0.2, 0.25) is 0 Å². The lowest BCUT2D eigenvalue weighted by molar-refractivity contribution is 0.0979. The molecule has 0 radical (unpaired) electrons. The topological polar surface area (TPSA) is 34.1 Å². The number of ketones is 2. The van der Waals surface area contributed by atoms with E-state index in [1.165, 1.54) is 36.8 Å². The first-order chi connectivity index (χ1) is 18.2. The van der Waals surface area contributed by atoms with Crippen molar-refractivity contribution in [1.82, 2.24) is 0 Å². The molecular weight excluding hydrogens is 464 g/mol. The van der Waals surface area contributed by atoms with Gasteiger partial charge in [0.05, 0.1) is 0 Å². The van der Waals surface area contributed by atoms with Gasteiger partial charge in [0.15, 0.2) is 11.6 Å². The van der Waals surface area contributed by atoms with E-state index in [0.717, 1.165) is 61.5 Å². The number of benzene rings is 2. The quantitative estimate of drug-likeness (QED) is 0.201. The molecule has 0 bridgehead atoms. The van der Waals surface area contributed by atoms with Crippen molar-refractivity contribution in [2.24, 2.45) is 11.8 Å². The average Bonchev–Trinajstić information content (AvgIpc) is 2.86. The molecule has 0 heterocycles. The smallest absolute Gasteiger partial charge is 0.194 e. The summed E-state index contributed by atoms with van der Waals surface area (Å²) in [4.78, 5) is 26.7. The van der Waals surface area contributed by atoms with Crippen LogP contribution in [0.25, 0.3) is 0 Å². The lowest BCUT2D eigenvalue weighted by Gasteiger charge is -2.19. The standard InChI is InChI=1S/C36H48O2/c1-25(2)11-7-13-27(5)15-9-17-29-19-21-31-33(23-29)36(38)34-24-30(20-22-32(34)35(31)37)18-10-16-28(6)14-8-12-26(3)4/h15-16,19-26H,7-14,17-18H2,1-6H3/b27-15+,28-16+. The Balaban J connectivity index is 1.64. The van der Waals surface area contributed by atoms with Crippen LogP contribution in [0.3, 0.4) is 0 Å². The van der Waals surface area contributed by atoms with Crippen molar-refractivity contribution in [3.63, 3.8) is 0 Å². The van der Waals surface area contributed by atoms with Crippen molar-refractivity contribution < 1.29 is 9.59 Å². The first-order valence-corrected chi connectivity index (χ1v) is 14.8. The minimum atomic E-state index is -0.0329. The highest BCUT2D eigenvalue weighted by molar-refractivity contribution is 6.28. The zero-order valence-corrected chi connectivity index (χ0v) is 24.7. The summed E-state index contributed by atoms with van der Waals surface area (Å²) >= 11 is 0. The molecule has 204 valence electrons. The lowest BCUT2D eigenvalue weighted by atomic mass is 9.82. The van der Waals surface area contributed by atoms with E-state index in [0.29, 0.717) is 22.3 Å². The van der Waals surface area contributed by atoms with Gasteiger partial charge in [-0.15, -0.1) is 0 Å². The predicted molar refractivity (Wildman–Crippen MR) is 161 cm³/mol. The minimum absolute atomic E-state index is 0.0147. The maximum Gasteiger partial charge on any atom is 0.194 e. The number of fused-ring (bicyclic) bond motifs is 2. The summed E-state index contributed by atoms with van der Waals surface area (Å²) in [6, 6.07) is 11.6. The zero-order chi connectivity index (χ0) is 27.7. The molecule has 2 heteroatoms. The molecule has 0 spiro atoms. The van der Waals surface area contributed by atoms with Crippen molar-refractivity contribution in [2.75, 3.05) is 0 Å². The van der Waals surface area contributed by atoms with Gasteiger partial charge in [-0.2, -0.15) is 0 Å². The van der Waals surface area contributed by atoms with E-state index in [2.05, 4.69) is 53.7 Å². The summed E-state index contributed by atoms with van der Waals surface area (Å²) in [6.45, 7) is 13.5. The molecule has 0 saturated heterocycles. The molecule has 0 saturated carbocycles. The van der Waals surface area contributed by atoms with Crippen LogP contribution >= 0.6 is 0 Å². The fourth-order valence-electron chi connectivity index (χ4n) is 5.31. The van der Waals surface area contributed by atoms with Gasteiger partial charge in [-0.25, -0.2) is 0 Å². The second-order valence-corrected chi connectivity index (χ2v) is 12.2. The number of carbonyl (C=O) groups excluding carboxylic acids is 2. The fourth-order valence-corrected chi connectivity index (χ4v) is 5.31. The van der Waals surface area contributed by atoms with E-state index >= 15 is 0 Å². The number of hydrogen-bond acceptors (Lipinski definition) is 2. The fraction of sp³-hybridized carbons (Fsp3) is 0.500. The molecule has 1 aliphatic rings. The number of aryl methyl sites for hydroxylation is 2. The van der Waals surface area contributed by atoms with Crippen LogP contribution in [0.5, 0.6) is 0 Å². The van der Waals surface area contributed by atoms with Crippen LogP contribution in [0.1, 0.15) is 136 Å². The van der Waals surface area contributed by atoms with Gasteiger partial charge < -0.3 is 0 Å². The van der Waals surface area contributed by atoms with Crippen LogP contribution < -0.4 is 0 Å². The monoisotopic (exact) mass is 512 g/mol. The predicted octanol–water partition coefficient (Wildman–Crippen LogP) is 9.87. The normalized spacial score (nSPS) is 13.9. The summed E-state index contributed by atoms with van der Waals surface area (Å²) in [7, 11) is 0. The largest absolute Gasteiger partial charge is 0.289 e. The number of rotatable bonds is 14. The summed E-state index contributed by atoms with van der Waals surface area (Å²) < 4.78 is 0. The molecule has 0 unspecified atom stereocenters. The first-order valence-electron chi connectivity index (χ1n) is 14.8. The Morgan fingerprint density at radius 3 is 1.42 bits per heavy atom. The zero-order valence-electron chi connectivity index (χ0n) is 24.7. The van der Waals surface area contributed by atoms with E-state index in [1.807, 2.05) is 36.4 Å². The third-order valence-corrected chi connectivity index (χ3v) is 7.70. The summed E-state index contributed by atoms with van der Waals surface area (Å²) in [5.74, 6) is 1.46. The number of hydrogen-bond donors (Lipinski definition) is 0. The second-order valence-electron chi connectivity index (χ2n) is 12.2. The van der Waals surface area contributed by atoms with Crippen LogP contribution in [0.4, 0.5) is 0 Å². The highest BCUT2D eigenvalue weighted by Crippen LogP contribution is 2.29. The van der Waals surface area contributed by atoms with Gasteiger partial charge in [0.25, 0.3) is 0 Å². The van der Waals surface area contributed by atoms with Gasteiger partial charge in [-0.3, -0.25) is 9.59 Å². The molecule has 2 aromatic rings. The van der Waals surface area contributed by atoms with Gasteiger partial charge in [0.1, 0.15) is 0 Å². The molecule has 38 heavy (non-hydrogen) atoms. The Labute approximate surface area is 231 Å². The Morgan fingerprint density at radius 2 is 1.03 bits per heavy atom. The van der Waals surface area contributed by atoms with E-state index < -0.39 is 0 Å². The molecular formula is C36H48O2. The van der Waals surface area contributed by atoms with Crippen molar-refractivity contribution >= 4 is 11.6 Å². The third kappa shape index (κ3) is 8.65. The molecule has 2 nitrogen and oxygen atoms in total. The number of allylic oxidation sites excluding steroid dienone is 4. The van der Waals surface area contributed by atoms with E-state index in [-0.39, 0.29) is 11.6 Å². The Hall–Kier alpha value is -2.74. The molecule has 1 aliphatic carbocycles. The van der Waals surface area contributed by atoms with Gasteiger partial charge in [-0.1, -0.05) is 88.1 Å². The van der Waals surface area contributed by atoms with Gasteiger partial charge in [-0.05, 0) is 100 Å². The van der Waals surface area contributed by atoms with Gasteiger partial charge in [0, 0.05) is 22.3 Å². The molecule has 2 aromatic carbocycles. The van der Waals surface area contributed by atoms with E-state index in [1.54, 1.807) is 0 Å². The third-order valence-electron chi connectivity index (χ3n) is 7.70. The maximum atomic E-state index is 13.5. The van der Waals surface area contributed by atoms with E-state index in [9.17, 15) is 9.59 Å². The van der Waals surface area contributed by atoms with E-state index in [4.69, 9.17) is 0 Å². The maximum absolute atomic E-state index is 13.5. The average molecular weight is 513 g/mol. The lowest BCUT2D eigenvalue weighted by Crippen LogP contribution is -2.21. The van der Waals surface area contributed by atoms with Crippen LogP contribution in [0.15, 0.2) is 59.7 Å². The second kappa shape index (κ2) is 14.4. The summed E-state index contributed by atoms with van der Waals surface area (Å²) in [5.41, 5.74) is 7.33. The highest BCUT2D eigenvalue weighted by atomic mass is 16.1. The molecule has 0 atom stereocenters. The van der Waals surface area contributed by atoms with Gasteiger partial charge >= 0.3 is 0 Å².